The van der Waals surface area contributed by atoms with Gasteiger partial charge >= 0.3 is 0 Å². The van der Waals surface area contributed by atoms with Gasteiger partial charge in [-0.2, -0.15) is 0 Å². The van der Waals surface area contributed by atoms with Gasteiger partial charge < -0.3 is 15.0 Å². The van der Waals surface area contributed by atoms with Crippen LogP contribution in [0.15, 0.2) is 48.5 Å². The summed E-state index contributed by atoms with van der Waals surface area (Å²) in [6.07, 6.45) is 4.12. The van der Waals surface area contributed by atoms with Crippen molar-refractivity contribution >= 4 is 17.5 Å². The van der Waals surface area contributed by atoms with Gasteiger partial charge in [0.1, 0.15) is 5.75 Å². The monoisotopic (exact) mass is 394 g/mol. The minimum Gasteiger partial charge on any atom is -0.494 e. The Labute approximate surface area is 173 Å². The van der Waals surface area contributed by atoms with E-state index in [0.717, 1.165) is 44.5 Å². The molecule has 2 amide bonds. The number of benzene rings is 2. The van der Waals surface area contributed by atoms with Gasteiger partial charge in [-0.15, -0.1) is 0 Å². The molecule has 0 spiro atoms. The zero-order valence-corrected chi connectivity index (χ0v) is 17.3. The number of carbonyl (C=O) groups excluding carboxylic acids is 2. The summed E-state index contributed by atoms with van der Waals surface area (Å²) in [7, 11) is 0. The predicted octanol–water partition coefficient (Wildman–Crippen LogP) is 4.99. The third-order valence-corrected chi connectivity index (χ3v) is 5.36. The number of likely N-dealkylation sites (tertiary alicyclic amines) is 1. The molecule has 0 aliphatic carbocycles. The first-order valence-corrected chi connectivity index (χ1v) is 10.5. The van der Waals surface area contributed by atoms with Gasteiger partial charge in [0.25, 0.3) is 11.8 Å². The first-order valence-electron chi connectivity index (χ1n) is 10.5. The van der Waals surface area contributed by atoms with Crippen LogP contribution in [0.4, 0.5) is 5.69 Å². The summed E-state index contributed by atoms with van der Waals surface area (Å²) in [6.45, 7) is 6.54. The molecule has 5 heteroatoms. The highest BCUT2D eigenvalue weighted by molar-refractivity contribution is 6.09. The Hall–Kier alpha value is -2.82. The van der Waals surface area contributed by atoms with E-state index in [-0.39, 0.29) is 11.8 Å². The fourth-order valence-corrected chi connectivity index (χ4v) is 3.39. The van der Waals surface area contributed by atoms with Gasteiger partial charge in [0.2, 0.25) is 0 Å². The highest BCUT2D eigenvalue weighted by Gasteiger charge is 2.23. The molecule has 1 aliphatic rings. The van der Waals surface area contributed by atoms with Crippen molar-refractivity contribution < 1.29 is 14.3 Å². The van der Waals surface area contributed by atoms with Gasteiger partial charge in [-0.3, -0.25) is 9.59 Å². The Morgan fingerprint density at radius 1 is 1.07 bits per heavy atom. The molecule has 3 rings (SSSR count). The molecule has 0 saturated carbocycles. The quantitative estimate of drug-likeness (QED) is 0.673. The van der Waals surface area contributed by atoms with Crippen molar-refractivity contribution in [1.82, 2.24) is 4.90 Å². The zero-order valence-electron chi connectivity index (χ0n) is 17.3. The number of anilines is 1. The van der Waals surface area contributed by atoms with E-state index in [1.165, 1.54) is 0 Å². The van der Waals surface area contributed by atoms with E-state index in [1.54, 1.807) is 36.4 Å². The molecule has 2 aromatic rings. The lowest BCUT2D eigenvalue weighted by Crippen LogP contribution is -2.38. The lowest BCUT2D eigenvalue weighted by molar-refractivity contribution is 0.0698. The molecule has 1 aliphatic heterocycles. The average molecular weight is 395 g/mol. The van der Waals surface area contributed by atoms with E-state index >= 15 is 0 Å². The standard InChI is InChI=1S/C24H30N2O3/c1-3-4-17-29-20-11-9-19(10-12-20)23(27)25-22-8-6-5-7-21(22)24(28)26-15-13-18(2)14-16-26/h5-12,18H,3-4,13-17H2,1-2H3,(H,25,27). The molecule has 5 nitrogen and oxygen atoms in total. The Kier molecular flexibility index (Phi) is 7.28. The zero-order chi connectivity index (χ0) is 20.6. The fourth-order valence-electron chi connectivity index (χ4n) is 3.39. The van der Waals surface area contributed by atoms with Crippen LogP contribution in [0.3, 0.4) is 0 Å². The summed E-state index contributed by atoms with van der Waals surface area (Å²) < 4.78 is 5.64. The van der Waals surface area contributed by atoms with Gasteiger partial charge in [-0.25, -0.2) is 0 Å². The normalized spacial score (nSPS) is 14.5. The molecular formula is C24H30N2O3. The maximum Gasteiger partial charge on any atom is 0.255 e. The van der Waals surface area contributed by atoms with E-state index in [2.05, 4.69) is 19.2 Å². The van der Waals surface area contributed by atoms with Crippen LogP contribution >= 0.6 is 0 Å². The van der Waals surface area contributed by atoms with Gasteiger partial charge in [0.05, 0.1) is 17.9 Å². The second kappa shape index (κ2) is 10.1. The topological polar surface area (TPSA) is 58.6 Å². The van der Waals surface area contributed by atoms with Crippen LogP contribution in [0.2, 0.25) is 0 Å². The number of amides is 2. The highest BCUT2D eigenvalue weighted by atomic mass is 16.5. The minimum absolute atomic E-state index is 0.0209. The van der Waals surface area contributed by atoms with Crippen molar-refractivity contribution in [2.75, 3.05) is 25.0 Å². The Balaban J connectivity index is 1.67. The molecular weight excluding hydrogens is 364 g/mol. The minimum atomic E-state index is -0.238. The van der Waals surface area contributed by atoms with Crippen molar-refractivity contribution in [3.63, 3.8) is 0 Å². The number of hydrogen-bond donors (Lipinski definition) is 1. The number of unbranched alkanes of at least 4 members (excludes halogenated alkanes) is 1. The Morgan fingerprint density at radius 3 is 2.45 bits per heavy atom. The summed E-state index contributed by atoms with van der Waals surface area (Å²) >= 11 is 0. The molecule has 29 heavy (non-hydrogen) atoms. The van der Waals surface area contributed by atoms with Crippen molar-refractivity contribution in [2.24, 2.45) is 5.92 Å². The largest absolute Gasteiger partial charge is 0.494 e. The fraction of sp³-hybridized carbons (Fsp3) is 0.417. The van der Waals surface area contributed by atoms with E-state index in [9.17, 15) is 9.59 Å². The number of piperidine rings is 1. The van der Waals surface area contributed by atoms with Crippen molar-refractivity contribution in [3.8, 4) is 5.75 Å². The molecule has 1 saturated heterocycles. The number of nitrogens with zero attached hydrogens (tertiary/aromatic N) is 1. The number of para-hydroxylation sites is 1. The summed E-state index contributed by atoms with van der Waals surface area (Å²) in [5.41, 5.74) is 1.61. The number of nitrogens with one attached hydrogen (secondary N) is 1. The molecule has 1 N–H and O–H groups in total. The molecule has 154 valence electrons. The maximum absolute atomic E-state index is 13.0. The SMILES string of the molecule is CCCCOc1ccc(C(=O)Nc2ccccc2C(=O)N2CCC(C)CC2)cc1. The van der Waals surface area contributed by atoms with Crippen molar-refractivity contribution in [2.45, 2.75) is 39.5 Å². The van der Waals surface area contributed by atoms with Gasteiger partial charge in [-0.05, 0) is 61.6 Å². The molecule has 0 radical (unpaired) electrons. The Morgan fingerprint density at radius 2 is 1.76 bits per heavy atom. The number of carbonyl (C=O) groups is 2. The van der Waals surface area contributed by atoms with Crippen molar-refractivity contribution in [3.05, 3.63) is 59.7 Å². The summed E-state index contributed by atoms with van der Waals surface area (Å²) in [5.74, 6) is 1.15. The summed E-state index contributed by atoms with van der Waals surface area (Å²) in [4.78, 5) is 27.6. The second-order valence-electron chi connectivity index (χ2n) is 7.70. The predicted molar refractivity (Wildman–Crippen MR) is 116 cm³/mol. The summed E-state index contributed by atoms with van der Waals surface area (Å²) in [6, 6.07) is 14.3. The molecule has 0 aromatic heterocycles. The molecule has 1 heterocycles. The summed E-state index contributed by atoms with van der Waals surface area (Å²) in [5, 5.41) is 2.90. The van der Waals surface area contributed by atoms with Crippen LogP contribution in [0.5, 0.6) is 5.75 Å². The van der Waals surface area contributed by atoms with Gasteiger partial charge in [0, 0.05) is 18.7 Å². The van der Waals surface area contributed by atoms with E-state index in [1.807, 2.05) is 17.0 Å². The van der Waals surface area contributed by atoms with Crippen LogP contribution in [-0.4, -0.2) is 36.4 Å². The highest BCUT2D eigenvalue weighted by Crippen LogP contribution is 2.23. The van der Waals surface area contributed by atoms with Gasteiger partial charge in [-0.1, -0.05) is 32.4 Å². The molecule has 0 atom stereocenters. The van der Waals surface area contributed by atoms with Crippen LogP contribution in [0.1, 0.15) is 60.2 Å². The Bertz CT molecular complexity index is 824. The third kappa shape index (κ3) is 5.59. The van der Waals surface area contributed by atoms with E-state index in [4.69, 9.17) is 4.74 Å². The van der Waals surface area contributed by atoms with Gasteiger partial charge in [0.15, 0.2) is 0 Å². The van der Waals surface area contributed by atoms with Crippen LogP contribution < -0.4 is 10.1 Å². The van der Waals surface area contributed by atoms with E-state index in [0.29, 0.717) is 29.3 Å². The third-order valence-electron chi connectivity index (χ3n) is 5.36. The lowest BCUT2D eigenvalue weighted by atomic mass is 9.98. The number of rotatable bonds is 7. The van der Waals surface area contributed by atoms with E-state index < -0.39 is 0 Å². The second-order valence-corrected chi connectivity index (χ2v) is 7.70. The maximum atomic E-state index is 13.0. The van der Waals surface area contributed by atoms with Crippen molar-refractivity contribution in [1.29, 1.82) is 0 Å². The lowest BCUT2D eigenvalue weighted by Gasteiger charge is -2.30. The average Bonchev–Trinajstić information content (AvgIpc) is 2.75. The number of ether oxygens (including phenoxy) is 1. The first kappa shape index (κ1) is 20.9. The molecule has 0 unspecified atom stereocenters. The molecule has 2 aromatic carbocycles. The smallest absolute Gasteiger partial charge is 0.255 e. The number of hydrogen-bond acceptors (Lipinski definition) is 3. The van der Waals surface area contributed by atoms with Crippen LogP contribution in [0, 0.1) is 5.92 Å². The molecule has 0 bridgehead atoms. The molecule has 1 fully saturated rings. The van der Waals surface area contributed by atoms with Crippen LogP contribution in [-0.2, 0) is 0 Å². The van der Waals surface area contributed by atoms with Crippen LogP contribution in [0.25, 0.3) is 0 Å². The first-order chi connectivity index (χ1) is 14.1.